The molecule has 0 unspecified atom stereocenters. The number of nitrogens with zero attached hydrogens (tertiary/aromatic N) is 2. The van der Waals surface area contributed by atoms with Crippen LogP contribution in [0, 0.1) is 0 Å². The van der Waals surface area contributed by atoms with Crippen molar-refractivity contribution in [1.82, 2.24) is 4.90 Å². The van der Waals surface area contributed by atoms with Crippen LogP contribution in [0.25, 0.3) is 0 Å². The molecule has 0 saturated carbocycles. The summed E-state index contributed by atoms with van der Waals surface area (Å²) in [6.45, 7) is 0.153. The van der Waals surface area contributed by atoms with E-state index in [0.29, 0.717) is 10.9 Å². The van der Waals surface area contributed by atoms with Crippen molar-refractivity contribution in [2.45, 2.75) is 6.61 Å². The number of fused-ring (bicyclic) bond motifs is 1. The lowest BCUT2D eigenvalue weighted by Gasteiger charge is -2.18. The molecule has 1 aromatic carbocycles. The molecule has 0 aliphatic carbocycles. The summed E-state index contributed by atoms with van der Waals surface area (Å²) >= 11 is 7.62. The molecule has 0 spiro atoms. The van der Waals surface area contributed by atoms with E-state index in [4.69, 9.17) is 16.3 Å². The van der Waals surface area contributed by atoms with E-state index < -0.39 is 6.09 Å². The van der Waals surface area contributed by atoms with Crippen LogP contribution in [0.5, 0.6) is 0 Å². The highest BCUT2D eigenvalue weighted by molar-refractivity contribution is 8.04. The van der Waals surface area contributed by atoms with E-state index in [1.807, 2.05) is 24.3 Å². The lowest BCUT2D eigenvalue weighted by molar-refractivity contribution is 0.121. The van der Waals surface area contributed by atoms with Crippen molar-refractivity contribution in [2.75, 3.05) is 5.88 Å². The number of amides is 1. The summed E-state index contributed by atoms with van der Waals surface area (Å²) in [7, 11) is 0. The third-order valence-corrected chi connectivity index (χ3v) is 4.13. The van der Waals surface area contributed by atoms with Gasteiger partial charge in [-0.2, -0.15) is 0 Å². The van der Waals surface area contributed by atoms with Crippen molar-refractivity contribution < 1.29 is 9.53 Å². The average Bonchev–Trinajstić information content (AvgIpc) is 2.93. The molecule has 0 saturated heterocycles. The van der Waals surface area contributed by atoms with Gasteiger partial charge in [-0.25, -0.2) is 4.79 Å². The van der Waals surface area contributed by atoms with Gasteiger partial charge >= 0.3 is 6.09 Å². The van der Waals surface area contributed by atoms with Crippen molar-refractivity contribution in [1.29, 1.82) is 0 Å². The molecule has 0 atom stereocenters. The maximum Gasteiger partial charge on any atom is 0.418 e. The van der Waals surface area contributed by atoms with Gasteiger partial charge in [0.1, 0.15) is 6.61 Å². The fourth-order valence-corrected chi connectivity index (χ4v) is 2.83. The number of carbonyl (C=O) groups is 1. The van der Waals surface area contributed by atoms with Crippen LogP contribution >= 0.6 is 23.4 Å². The van der Waals surface area contributed by atoms with Gasteiger partial charge in [-0.15, -0.1) is 0 Å². The molecule has 2 aliphatic rings. The molecule has 0 fully saturated rings. The fourth-order valence-electron chi connectivity index (χ4n) is 1.82. The van der Waals surface area contributed by atoms with Crippen molar-refractivity contribution in [3.8, 4) is 0 Å². The van der Waals surface area contributed by atoms with Crippen molar-refractivity contribution >= 4 is 35.2 Å². The van der Waals surface area contributed by atoms with Crippen LogP contribution in [0.1, 0.15) is 5.56 Å². The van der Waals surface area contributed by atoms with Gasteiger partial charge in [0, 0.05) is 23.0 Å². The second-order valence-corrected chi connectivity index (χ2v) is 5.57. The monoisotopic (exact) mass is 306 g/mol. The summed E-state index contributed by atoms with van der Waals surface area (Å²) in [6, 6.07) is 7.29. The van der Waals surface area contributed by atoms with Gasteiger partial charge in [0.05, 0.1) is 16.5 Å². The van der Waals surface area contributed by atoms with Crippen LogP contribution < -0.4 is 0 Å². The predicted molar refractivity (Wildman–Crippen MR) is 80.6 cm³/mol. The Bertz CT molecular complexity index is 640. The first-order valence-corrected chi connectivity index (χ1v) is 7.36. The van der Waals surface area contributed by atoms with Crippen LogP contribution in [-0.2, 0) is 11.3 Å². The number of hydrogen-bond acceptors (Lipinski definition) is 4. The molecule has 4 nitrogen and oxygen atoms in total. The van der Waals surface area contributed by atoms with Gasteiger partial charge in [-0.1, -0.05) is 41.6 Å². The van der Waals surface area contributed by atoms with E-state index in [-0.39, 0.29) is 6.61 Å². The molecule has 0 radical (unpaired) electrons. The first-order valence-electron chi connectivity index (χ1n) is 6.00. The van der Waals surface area contributed by atoms with Crippen molar-refractivity contribution in [2.24, 2.45) is 4.99 Å². The van der Waals surface area contributed by atoms with Crippen LogP contribution in [0.15, 0.2) is 52.6 Å². The SMILES string of the molecule is O=C(OCc1ccccc1Cl)N1C=CC2=NCSC2=C1. The minimum Gasteiger partial charge on any atom is -0.444 e. The Labute approximate surface area is 125 Å². The lowest BCUT2D eigenvalue weighted by Crippen LogP contribution is -2.24. The van der Waals surface area contributed by atoms with E-state index in [2.05, 4.69) is 4.99 Å². The second-order valence-electron chi connectivity index (χ2n) is 4.18. The largest absolute Gasteiger partial charge is 0.444 e. The van der Waals surface area contributed by atoms with E-state index in [0.717, 1.165) is 16.2 Å². The van der Waals surface area contributed by atoms with Crippen LogP contribution in [-0.4, -0.2) is 22.6 Å². The zero-order valence-electron chi connectivity index (χ0n) is 10.5. The highest BCUT2D eigenvalue weighted by atomic mass is 35.5. The molecular weight excluding hydrogens is 296 g/mol. The lowest BCUT2D eigenvalue weighted by atomic mass is 10.2. The molecule has 1 aromatic rings. The average molecular weight is 307 g/mol. The first kappa shape index (κ1) is 13.3. The summed E-state index contributed by atoms with van der Waals surface area (Å²) in [5.74, 6) is 0.702. The Morgan fingerprint density at radius 1 is 1.45 bits per heavy atom. The summed E-state index contributed by atoms with van der Waals surface area (Å²) in [6.07, 6.45) is 4.78. The zero-order chi connectivity index (χ0) is 13.9. The number of thioether (sulfide) groups is 1. The molecule has 2 heterocycles. The third-order valence-electron chi connectivity index (χ3n) is 2.88. The highest BCUT2D eigenvalue weighted by Crippen LogP contribution is 2.28. The molecule has 1 amide bonds. The number of halogens is 1. The molecule has 3 rings (SSSR count). The van der Waals surface area contributed by atoms with Crippen LogP contribution in [0.2, 0.25) is 5.02 Å². The summed E-state index contributed by atoms with van der Waals surface area (Å²) in [5.41, 5.74) is 1.71. The molecule has 0 aromatic heterocycles. The van der Waals surface area contributed by atoms with Crippen LogP contribution in [0.3, 0.4) is 0 Å². The van der Waals surface area contributed by atoms with Crippen molar-refractivity contribution in [3.63, 3.8) is 0 Å². The van der Waals surface area contributed by atoms with Gasteiger partial charge in [0.15, 0.2) is 0 Å². The molecular formula is C14H11ClN2O2S. The number of carbonyl (C=O) groups excluding carboxylic acids is 1. The first-order chi connectivity index (χ1) is 9.74. The van der Waals surface area contributed by atoms with Gasteiger partial charge in [-0.05, 0) is 12.1 Å². The van der Waals surface area contributed by atoms with Crippen molar-refractivity contribution in [3.05, 3.63) is 58.2 Å². The Morgan fingerprint density at radius 3 is 3.15 bits per heavy atom. The molecule has 0 bridgehead atoms. The van der Waals surface area contributed by atoms with Gasteiger partial charge in [0.25, 0.3) is 0 Å². The molecule has 2 aliphatic heterocycles. The zero-order valence-corrected chi connectivity index (χ0v) is 12.0. The number of benzene rings is 1. The van der Waals surface area contributed by atoms with Crippen LogP contribution in [0.4, 0.5) is 4.79 Å². The number of ether oxygens (including phenoxy) is 1. The number of rotatable bonds is 2. The normalized spacial score (nSPS) is 16.6. The number of hydrogen-bond donors (Lipinski definition) is 0. The van der Waals surface area contributed by atoms with Gasteiger partial charge in [0.2, 0.25) is 0 Å². The maximum atomic E-state index is 12.0. The Morgan fingerprint density at radius 2 is 2.30 bits per heavy atom. The fraction of sp³-hybridized carbons (Fsp3) is 0.143. The third kappa shape index (κ3) is 2.73. The predicted octanol–water partition coefficient (Wildman–Crippen LogP) is 3.79. The van der Waals surface area contributed by atoms with Gasteiger partial charge in [-0.3, -0.25) is 9.89 Å². The quantitative estimate of drug-likeness (QED) is 0.834. The summed E-state index contributed by atoms with van der Waals surface area (Å²) in [4.78, 5) is 18.7. The highest BCUT2D eigenvalue weighted by Gasteiger charge is 2.20. The smallest absolute Gasteiger partial charge is 0.418 e. The molecule has 102 valence electrons. The van der Waals surface area contributed by atoms with E-state index >= 15 is 0 Å². The minimum atomic E-state index is -0.430. The minimum absolute atomic E-state index is 0.153. The van der Waals surface area contributed by atoms with Gasteiger partial charge < -0.3 is 4.74 Å². The Balaban J connectivity index is 1.63. The summed E-state index contributed by atoms with van der Waals surface area (Å²) < 4.78 is 5.25. The molecule has 20 heavy (non-hydrogen) atoms. The Hall–Kier alpha value is -1.72. The molecule has 6 heteroatoms. The Kier molecular flexibility index (Phi) is 3.80. The number of aliphatic imine (C=N–C) groups is 1. The number of allylic oxidation sites excluding steroid dienone is 2. The maximum absolute atomic E-state index is 12.0. The summed E-state index contributed by atoms with van der Waals surface area (Å²) in [5, 5.41) is 0.591. The van der Waals surface area contributed by atoms with E-state index in [9.17, 15) is 4.79 Å². The second kappa shape index (κ2) is 5.73. The van der Waals surface area contributed by atoms with E-state index in [1.165, 1.54) is 4.90 Å². The standard InChI is InChI=1S/C14H11ClN2O2S/c15-11-4-2-1-3-10(11)8-19-14(18)17-6-5-12-13(7-17)20-9-16-12/h1-7H,8-9H2. The molecule has 0 N–H and O–H groups in total. The topological polar surface area (TPSA) is 41.9 Å². The van der Waals surface area contributed by atoms with E-state index in [1.54, 1.807) is 30.2 Å².